The van der Waals surface area contributed by atoms with Crippen molar-refractivity contribution in [3.8, 4) is 5.75 Å². The fourth-order valence-corrected chi connectivity index (χ4v) is 0.980. The summed E-state index contributed by atoms with van der Waals surface area (Å²) in [6, 6.07) is 4.54. The van der Waals surface area contributed by atoms with Gasteiger partial charge < -0.3 is 4.74 Å². The third kappa shape index (κ3) is 2.18. The summed E-state index contributed by atoms with van der Waals surface area (Å²) in [5.74, 6) is 0.278. The van der Waals surface area contributed by atoms with E-state index in [0.29, 0.717) is 12.2 Å². The summed E-state index contributed by atoms with van der Waals surface area (Å²) in [5.41, 5.74) is 0.684. The van der Waals surface area contributed by atoms with E-state index in [4.69, 9.17) is 4.74 Å². The van der Waals surface area contributed by atoms with E-state index in [2.05, 4.69) is 6.92 Å². The lowest BCUT2D eigenvalue weighted by Crippen LogP contribution is -1.97. The minimum absolute atomic E-state index is 0.0192. The standard InChI is InChI=1S/C9H10NO3/c1-3-13-9-6-7(2)4-5-8(9)10(11)12/h4-6H,2-3H2,1H3. The highest BCUT2D eigenvalue weighted by molar-refractivity contribution is 5.49. The predicted octanol–water partition coefficient (Wildman–Crippen LogP) is 2.18. The quantitative estimate of drug-likeness (QED) is 0.529. The van der Waals surface area contributed by atoms with E-state index < -0.39 is 4.92 Å². The average molecular weight is 180 g/mol. The van der Waals surface area contributed by atoms with Crippen LogP contribution in [0, 0.1) is 17.0 Å². The molecular weight excluding hydrogens is 170 g/mol. The lowest BCUT2D eigenvalue weighted by molar-refractivity contribution is -0.385. The van der Waals surface area contributed by atoms with Crippen molar-refractivity contribution in [2.24, 2.45) is 0 Å². The molecule has 1 radical (unpaired) electrons. The van der Waals surface area contributed by atoms with Crippen molar-refractivity contribution < 1.29 is 9.66 Å². The highest BCUT2D eigenvalue weighted by Gasteiger charge is 2.13. The van der Waals surface area contributed by atoms with Gasteiger partial charge in [0.15, 0.2) is 5.75 Å². The van der Waals surface area contributed by atoms with Crippen LogP contribution in [-0.2, 0) is 0 Å². The molecule has 1 aromatic carbocycles. The molecule has 0 saturated carbocycles. The van der Waals surface area contributed by atoms with Gasteiger partial charge in [0, 0.05) is 6.07 Å². The van der Waals surface area contributed by atoms with Crippen LogP contribution in [0.1, 0.15) is 12.5 Å². The second kappa shape index (κ2) is 3.89. The van der Waals surface area contributed by atoms with E-state index in [9.17, 15) is 10.1 Å². The first-order valence-electron chi connectivity index (χ1n) is 3.88. The zero-order valence-electron chi connectivity index (χ0n) is 7.32. The number of nitro benzene ring substituents is 1. The van der Waals surface area contributed by atoms with E-state index in [1.54, 1.807) is 19.1 Å². The van der Waals surface area contributed by atoms with Crippen LogP contribution in [0.4, 0.5) is 5.69 Å². The second-order valence-corrected chi connectivity index (χ2v) is 2.49. The molecule has 0 N–H and O–H groups in total. The summed E-state index contributed by atoms with van der Waals surface area (Å²) in [5, 5.41) is 10.5. The largest absolute Gasteiger partial charge is 0.487 e. The Balaban J connectivity index is 3.10. The molecule has 0 heterocycles. The Morgan fingerprint density at radius 1 is 1.62 bits per heavy atom. The number of ether oxygens (including phenoxy) is 1. The molecule has 0 fully saturated rings. The number of nitrogens with zero attached hydrogens (tertiary/aromatic N) is 1. The van der Waals surface area contributed by atoms with Crippen molar-refractivity contribution in [3.63, 3.8) is 0 Å². The van der Waals surface area contributed by atoms with Crippen LogP contribution in [0.3, 0.4) is 0 Å². The normalized spacial score (nSPS) is 9.69. The molecular formula is C9H10NO3. The fourth-order valence-electron chi connectivity index (χ4n) is 0.980. The maximum atomic E-state index is 10.5. The SMILES string of the molecule is [CH2]c1ccc([N+](=O)[O-])c(OCC)c1. The molecule has 0 saturated heterocycles. The van der Waals surface area contributed by atoms with Gasteiger partial charge in [-0.2, -0.15) is 0 Å². The smallest absolute Gasteiger partial charge is 0.310 e. The highest BCUT2D eigenvalue weighted by Crippen LogP contribution is 2.27. The highest BCUT2D eigenvalue weighted by atomic mass is 16.6. The van der Waals surface area contributed by atoms with E-state index in [1.807, 2.05) is 0 Å². The van der Waals surface area contributed by atoms with Gasteiger partial charge in [-0.1, -0.05) is 6.07 Å². The molecule has 0 amide bonds. The van der Waals surface area contributed by atoms with Crippen LogP contribution < -0.4 is 4.74 Å². The van der Waals surface area contributed by atoms with Crippen LogP contribution in [-0.4, -0.2) is 11.5 Å². The van der Waals surface area contributed by atoms with Crippen LogP contribution in [0.25, 0.3) is 0 Å². The summed E-state index contributed by atoms with van der Waals surface area (Å²) in [7, 11) is 0. The molecule has 0 aromatic heterocycles. The third-order valence-corrected chi connectivity index (χ3v) is 1.52. The van der Waals surface area contributed by atoms with Crippen molar-refractivity contribution >= 4 is 5.69 Å². The Kier molecular flexibility index (Phi) is 2.84. The number of rotatable bonds is 3. The van der Waals surface area contributed by atoms with Gasteiger partial charge in [-0.25, -0.2) is 0 Å². The van der Waals surface area contributed by atoms with Gasteiger partial charge >= 0.3 is 5.69 Å². The molecule has 0 aliphatic rings. The second-order valence-electron chi connectivity index (χ2n) is 2.49. The average Bonchev–Trinajstić information content (AvgIpc) is 2.04. The molecule has 69 valence electrons. The first-order valence-corrected chi connectivity index (χ1v) is 3.88. The fraction of sp³-hybridized carbons (Fsp3) is 0.222. The van der Waals surface area contributed by atoms with E-state index >= 15 is 0 Å². The van der Waals surface area contributed by atoms with Crippen LogP contribution in [0.2, 0.25) is 0 Å². The molecule has 1 aromatic rings. The van der Waals surface area contributed by atoms with Crippen LogP contribution >= 0.6 is 0 Å². The van der Waals surface area contributed by atoms with Crippen molar-refractivity contribution in [3.05, 3.63) is 40.8 Å². The molecule has 4 nitrogen and oxygen atoms in total. The van der Waals surface area contributed by atoms with Gasteiger partial charge in [-0.05, 0) is 25.5 Å². The monoisotopic (exact) mass is 180 g/mol. The lowest BCUT2D eigenvalue weighted by Gasteiger charge is -2.04. The molecule has 0 bridgehead atoms. The van der Waals surface area contributed by atoms with Crippen molar-refractivity contribution in [1.29, 1.82) is 0 Å². The molecule has 0 spiro atoms. The molecule has 0 aliphatic heterocycles. The summed E-state index contributed by atoms with van der Waals surface area (Å²) in [6.07, 6.45) is 0. The zero-order valence-corrected chi connectivity index (χ0v) is 7.32. The van der Waals surface area contributed by atoms with Gasteiger partial charge in [-0.3, -0.25) is 10.1 Å². The molecule has 0 atom stereocenters. The van der Waals surface area contributed by atoms with Gasteiger partial charge in [0.25, 0.3) is 0 Å². The Hall–Kier alpha value is -1.58. The lowest BCUT2D eigenvalue weighted by atomic mass is 10.2. The Morgan fingerprint density at radius 2 is 2.31 bits per heavy atom. The van der Waals surface area contributed by atoms with E-state index in [1.165, 1.54) is 6.07 Å². The maximum Gasteiger partial charge on any atom is 0.310 e. The predicted molar refractivity (Wildman–Crippen MR) is 48.7 cm³/mol. The van der Waals surface area contributed by atoms with Gasteiger partial charge in [-0.15, -0.1) is 0 Å². The topological polar surface area (TPSA) is 52.4 Å². The first-order chi connectivity index (χ1) is 6.15. The Labute approximate surface area is 76.3 Å². The number of hydrogen-bond acceptors (Lipinski definition) is 3. The van der Waals surface area contributed by atoms with Crippen LogP contribution in [0.5, 0.6) is 5.75 Å². The van der Waals surface area contributed by atoms with E-state index in [-0.39, 0.29) is 11.4 Å². The van der Waals surface area contributed by atoms with Crippen molar-refractivity contribution in [2.75, 3.05) is 6.61 Å². The maximum absolute atomic E-state index is 10.5. The van der Waals surface area contributed by atoms with Gasteiger partial charge in [0.2, 0.25) is 0 Å². The minimum atomic E-state index is -0.468. The summed E-state index contributed by atoms with van der Waals surface area (Å²) >= 11 is 0. The first kappa shape index (κ1) is 9.51. The summed E-state index contributed by atoms with van der Waals surface area (Å²) < 4.78 is 5.10. The van der Waals surface area contributed by atoms with E-state index in [0.717, 1.165) is 0 Å². The molecule has 0 unspecified atom stereocenters. The van der Waals surface area contributed by atoms with Crippen LogP contribution in [0.15, 0.2) is 18.2 Å². The number of hydrogen-bond donors (Lipinski definition) is 0. The number of benzene rings is 1. The molecule has 1 rings (SSSR count). The van der Waals surface area contributed by atoms with Crippen molar-refractivity contribution in [1.82, 2.24) is 0 Å². The third-order valence-electron chi connectivity index (χ3n) is 1.52. The summed E-state index contributed by atoms with van der Waals surface area (Å²) in [6.45, 7) is 5.85. The number of nitro groups is 1. The van der Waals surface area contributed by atoms with Gasteiger partial charge in [0.05, 0.1) is 11.5 Å². The van der Waals surface area contributed by atoms with Crippen molar-refractivity contribution in [2.45, 2.75) is 6.92 Å². The summed E-state index contributed by atoms with van der Waals surface area (Å²) in [4.78, 5) is 10.0. The Bertz CT molecular complexity index is 323. The molecule has 4 heteroatoms. The molecule has 0 aliphatic carbocycles. The molecule has 13 heavy (non-hydrogen) atoms. The van der Waals surface area contributed by atoms with Gasteiger partial charge in [0.1, 0.15) is 0 Å². The Morgan fingerprint density at radius 3 is 2.85 bits per heavy atom. The minimum Gasteiger partial charge on any atom is -0.487 e. The zero-order chi connectivity index (χ0) is 9.84.